The smallest absolute Gasteiger partial charge is 0.310 e. The van der Waals surface area contributed by atoms with E-state index in [1.807, 2.05) is 0 Å². The first kappa shape index (κ1) is 11.8. The van der Waals surface area contributed by atoms with Crippen molar-refractivity contribution in [2.45, 2.75) is 11.7 Å². The molecular formula is C8H12AlO2P. The molecule has 0 amide bonds. The fourth-order valence-corrected chi connectivity index (χ4v) is 1.22. The molecule has 0 saturated heterocycles. The Hall–Kier alpha value is -0.188. The molecule has 0 aromatic heterocycles. The van der Waals surface area contributed by atoms with Crippen LogP contribution in [0, 0.1) is 0 Å². The van der Waals surface area contributed by atoms with Gasteiger partial charge in [0.05, 0.1) is 0 Å². The lowest BCUT2D eigenvalue weighted by Crippen LogP contribution is -1.89. The molecule has 1 aromatic rings. The molecule has 0 spiro atoms. The number of benzene rings is 1. The summed E-state index contributed by atoms with van der Waals surface area (Å²) in [5, 5.41) is 0. The van der Waals surface area contributed by atoms with E-state index in [1.54, 1.807) is 0 Å². The van der Waals surface area contributed by atoms with Gasteiger partial charge in [0, 0.05) is 0 Å². The van der Waals surface area contributed by atoms with Crippen LogP contribution in [0.2, 0.25) is 0 Å². The summed E-state index contributed by atoms with van der Waals surface area (Å²) >= 11 is 1.26. The number of hydrogen-bond donors (Lipinski definition) is 1. The highest BCUT2D eigenvalue weighted by atomic mass is 31.1. The van der Waals surface area contributed by atoms with Gasteiger partial charge in [-0.3, -0.25) is 0 Å². The van der Waals surface area contributed by atoms with Gasteiger partial charge >= 0.3 is 8.69 Å². The van der Waals surface area contributed by atoms with E-state index >= 15 is 0 Å². The zero-order valence-corrected chi connectivity index (χ0v) is 10.2. The van der Waals surface area contributed by atoms with Crippen LogP contribution in [0.5, 0.6) is 0 Å². The summed E-state index contributed by atoms with van der Waals surface area (Å²) in [6.07, 6.45) is 0. The molecule has 12 heavy (non-hydrogen) atoms. The average Bonchev–Trinajstić information content (AvgIpc) is 2.07. The lowest BCUT2D eigenvalue weighted by molar-refractivity contribution is 0.524. The van der Waals surface area contributed by atoms with Crippen molar-refractivity contribution >= 4 is 25.0 Å². The van der Waals surface area contributed by atoms with Crippen LogP contribution in [-0.4, -0.2) is 21.2 Å². The third-order valence-corrected chi connectivity index (χ3v) is 2.13. The molecule has 4 heteroatoms. The third-order valence-electron chi connectivity index (χ3n) is 1.47. The summed E-state index contributed by atoms with van der Waals surface area (Å²) in [6.45, 7) is 2.27. The van der Waals surface area contributed by atoms with Crippen LogP contribution >= 0.6 is 8.69 Å². The van der Waals surface area contributed by atoms with Crippen LogP contribution in [0.1, 0.15) is 17.3 Å². The highest BCUT2D eigenvalue weighted by Crippen LogP contribution is 2.08. The molecule has 0 bridgehead atoms. The second kappa shape index (κ2) is 7.46. The van der Waals surface area contributed by atoms with Gasteiger partial charge in [0.15, 0.2) is 0 Å². The summed E-state index contributed by atoms with van der Waals surface area (Å²) in [5.41, 5.74) is 1.48. The Labute approximate surface area is 82.3 Å². The van der Waals surface area contributed by atoms with Crippen molar-refractivity contribution in [3.05, 3.63) is 35.9 Å². The van der Waals surface area contributed by atoms with E-state index < -0.39 is 8.69 Å². The first-order chi connectivity index (χ1) is 5.72. The molecule has 0 aliphatic carbocycles. The molecule has 64 valence electrons. The summed E-state index contributed by atoms with van der Waals surface area (Å²) in [6, 6.07) is 10.6. The Kier molecular flexibility index (Phi) is 7.34. The predicted octanol–water partition coefficient (Wildman–Crippen LogP) is 1.57. The Balaban J connectivity index is 0.000000354. The van der Waals surface area contributed by atoms with E-state index in [1.165, 1.54) is 21.9 Å². The molecule has 0 fully saturated rings. The number of rotatable bonds is 1. The third kappa shape index (κ3) is 5.46. The molecule has 1 aromatic carbocycles. The van der Waals surface area contributed by atoms with E-state index in [-0.39, 0.29) is 0 Å². The van der Waals surface area contributed by atoms with Crippen molar-refractivity contribution in [1.29, 1.82) is 0 Å². The Morgan fingerprint density at radius 1 is 1.42 bits per heavy atom. The van der Waals surface area contributed by atoms with E-state index in [0.717, 1.165) is 4.78 Å². The van der Waals surface area contributed by atoms with Gasteiger partial charge in [-0.1, -0.05) is 47.6 Å². The molecule has 0 aliphatic rings. The lowest BCUT2D eigenvalue weighted by atomic mass is 10.2. The molecule has 1 rings (SSSR count). The van der Waals surface area contributed by atoms with Crippen LogP contribution in [0.3, 0.4) is 0 Å². The first-order valence-electron chi connectivity index (χ1n) is 3.74. The van der Waals surface area contributed by atoms with Gasteiger partial charge in [-0.15, -0.1) is 0 Å². The maximum atomic E-state index is 8.46. The second-order valence-corrected chi connectivity index (χ2v) is 4.54. The fourth-order valence-electron chi connectivity index (χ4n) is 0.838. The Morgan fingerprint density at radius 2 is 1.83 bits per heavy atom. The van der Waals surface area contributed by atoms with Gasteiger partial charge in [-0.05, 0) is 0 Å². The normalized spacial score (nSPS) is 11.5. The fraction of sp³-hybridized carbons (Fsp3) is 0.250. The van der Waals surface area contributed by atoms with E-state index in [4.69, 9.17) is 9.46 Å². The van der Waals surface area contributed by atoms with Gasteiger partial charge in [0.1, 0.15) is 0 Å². The molecule has 1 atom stereocenters. The zero-order chi connectivity index (χ0) is 9.40. The van der Waals surface area contributed by atoms with Gasteiger partial charge in [0.25, 0.3) is 0 Å². The Bertz CT molecular complexity index is 214. The largest absolute Gasteiger partial charge is 0.324 e. The zero-order valence-electron chi connectivity index (χ0n) is 7.27. The van der Waals surface area contributed by atoms with Crippen molar-refractivity contribution in [1.82, 2.24) is 0 Å². The second-order valence-electron chi connectivity index (χ2n) is 2.65. The molecule has 1 unspecified atom stereocenters. The van der Waals surface area contributed by atoms with Crippen LogP contribution in [0.15, 0.2) is 30.3 Å². The maximum Gasteiger partial charge on any atom is 0.324 e. The van der Waals surface area contributed by atoms with Crippen molar-refractivity contribution in [2.24, 2.45) is 0 Å². The van der Waals surface area contributed by atoms with Gasteiger partial charge in [-0.2, -0.15) is 0 Å². The molecule has 2 nitrogen and oxygen atoms in total. The SMILES string of the molecule is C[CH]([AlH2])c1ccccc1.O=PO. The van der Waals surface area contributed by atoms with Gasteiger partial charge < -0.3 is 4.89 Å². The van der Waals surface area contributed by atoms with E-state index in [2.05, 4.69) is 37.3 Å². The molecular weight excluding hydrogens is 186 g/mol. The Morgan fingerprint density at radius 3 is 2.08 bits per heavy atom. The van der Waals surface area contributed by atoms with Crippen LogP contribution in [0.25, 0.3) is 0 Å². The van der Waals surface area contributed by atoms with Crippen LogP contribution in [-0.2, 0) is 4.57 Å². The highest BCUT2D eigenvalue weighted by molar-refractivity contribution is 7.16. The molecule has 0 heterocycles. The van der Waals surface area contributed by atoms with Crippen LogP contribution < -0.4 is 0 Å². The monoisotopic (exact) mass is 198 g/mol. The topological polar surface area (TPSA) is 37.3 Å². The molecule has 0 aliphatic heterocycles. The predicted molar refractivity (Wildman–Crippen MR) is 53.2 cm³/mol. The minimum Gasteiger partial charge on any atom is -0.310 e. The average molecular weight is 198 g/mol. The van der Waals surface area contributed by atoms with Crippen LogP contribution in [0.4, 0.5) is 0 Å². The minimum atomic E-state index is -0.833. The summed E-state index contributed by atoms with van der Waals surface area (Å²) in [7, 11) is -0.833. The first-order valence-corrected chi connectivity index (χ1v) is 5.66. The van der Waals surface area contributed by atoms with Gasteiger partial charge in [-0.25, -0.2) is 4.57 Å². The van der Waals surface area contributed by atoms with Crippen molar-refractivity contribution < 1.29 is 9.46 Å². The lowest BCUT2D eigenvalue weighted by Gasteiger charge is -2.01. The van der Waals surface area contributed by atoms with Crippen molar-refractivity contribution in [2.75, 3.05) is 0 Å². The molecule has 0 saturated carbocycles. The number of hydrogen-bond acceptors (Lipinski definition) is 1. The standard InChI is InChI=1S/C8H9.Al.HO2P.2H/c1-2-8-6-4-3-5-7-8;;1-3-2;;/h2-7H,1H3;;(H,1,2);;. The van der Waals surface area contributed by atoms with Crippen molar-refractivity contribution in [3.8, 4) is 0 Å². The van der Waals surface area contributed by atoms with E-state index in [0.29, 0.717) is 0 Å². The van der Waals surface area contributed by atoms with E-state index in [9.17, 15) is 0 Å². The summed E-state index contributed by atoms with van der Waals surface area (Å²) < 4.78 is 9.26. The summed E-state index contributed by atoms with van der Waals surface area (Å²) in [5.74, 6) is 0. The summed E-state index contributed by atoms with van der Waals surface area (Å²) in [4.78, 5) is 6.99. The molecule has 1 N–H and O–H groups in total. The molecule has 0 radical (unpaired) electrons. The highest BCUT2D eigenvalue weighted by Gasteiger charge is 1.93. The maximum absolute atomic E-state index is 8.46. The quantitative estimate of drug-likeness (QED) is 0.549. The minimum absolute atomic E-state index is 0.797. The van der Waals surface area contributed by atoms with Crippen molar-refractivity contribution in [3.63, 3.8) is 0 Å². The van der Waals surface area contributed by atoms with Gasteiger partial charge in [0.2, 0.25) is 16.3 Å².